The first-order valence-electron chi connectivity index (χ1n) is 16.1. The van der Waals surface area contributed by atoms with E-state index >= 15 is 0 Å². The molecule has 4 aromatic rings. The molecule has 1 aliphatic rings. The van der Waals surface area contributed by atoms with E-state index in [0.29, 0.717) is 30.6 Å². The lowest BCUT2D eigenvalue weighted by Gasteiger charge is -2.41. The Labute approximate surface area is 285 Å². The smallest absolute Gasteiger partial charge is 0.407 e. The number of hydrogen-bond acceptors (Lipinski definition) is 6. The van der Waals surface area contributed by atoms with Crippen LogP contribution in [0.1, 0.15) is 41.5 Å². The number of halogens is 1. The molecule has 4 atom stereocenters. The average molecular weight is 669 g/mol. The van der Waals surface area contributed by atoms with E-state index in [4.69, 9.17) is 15.2 Å². The number of likely N-dealkylation sites (N-methyl/N-ethyl adjacent to an activating group) is 1. The Morgan fingerprint density at radius 3 is 2.12 bits per heavy atom. The Hall–Kier alpha value is -5.26. The van der Waals surface area contributed by atoms with Crippen LogP contribution in [-0.4, -0.2) is 66.5 Å². The first kappa shape index (κ1) is 35.1. The second kappa shape index (κ2) is 15.8. The highest BCUT2D eigenvalue weighted by Gasteiger charge is 2.42. The fourth-order valence-corrected chi connectivity index (χ4v) is 6.42. The van der Waals surface area contributed by atoms with Gasteiger partial charge in [-0.15, -0.1) is 0 Å². The van der Waals surface area contributed by atoms with Crippen molar-refractivity contribution < 1.29 is 33.4 Å². The standard InChI is InChI=1S/C38H41FN4O6/c1-38(49-36(40)45,28-18-20-29(39)21-19-28)32-24-48-30(23-41-32)22-17-25-11-9-10-16-31(25)42-35(44)34(43(2)37(46)47)33(26-12-5-3-6-13-26)27-14-7-4-8-15-27/h3-16,18-21,30,32-34,41H,17,22-24H2,1-2H3,(H2,40,45)(H,42,44)(H,46,47)/t30-,32+,34+,38?/m1/s1. The second-order valence-corrected chi connectivity index (χ2v) is 12.3. The summed E-state index contributed by atoms with van der Waals surface area (Å²) in [5.74, 6) is -1.43. The van der Waals surface area contributed by atoms with Crippen molar-refractivity contribution in [1.29, 1.82) is 0 Å². The Kier molecular flexibility index (Phi) is 11.3. The fraction of sp³-hybridized carbons (Fsp3) is 0.289. The highest BCUT2D eigenvalue weighted by atomic mass is 19.1. The minimum absolute atomic E-state index is 0.197. The van der Waals surface area contributed by atoms with Crippen molar-refractivity contribution in [2.75, 3.05) is 25.5 Å². The zero-order valence-electron chi connectivity index (χ0n) is 27.4. The number of primary amides is 1. The lowest BCUT2D eigenvalue weighted by atomic mass is 9.84. The third-order valence-electron chi connectivity index (χ3n) is 9.12. The van der Waals surface area contributed by atoms with E-state index in [9.17, 15) is 23.9 Å². The number of rotatable bonds is 12. The Morgan fingerprint density at radius 2 is 1.57 bits per heavy atom. The summed E-state index contributed by atoms with van der Waals surface area (Å²) in [6.07, 6.45) is -1.21. The van der Waals surface area contributed by atoms with Gasteiger partial charge in [0, 0.05) is 25.2 Å². The Balaban J connectivity index is 1.30. The molecule has 0 radical (unpaired) electrons. The third-order valence-corrected chi connectivity index (χ3v) is 9.12. The van der Waals surface area contributed by atoms with E-state index in [1.165, 1.54) is 19.2 Å². The van der Waals surface area contributed by atoms with Gasteiger partial charge in [-0.05, 0) is 60.2 Å². The van der Waals surface area contributed by atoms with E-state index in [1.54, 1.807) is 25.1 Å². The number of ether oxygens (including phenoxy) is 2. The number of morpholine rings is 1. The molecular formula is C38H41FN4O6. The monoisotopic (exact) mass is 668 g/mol. The summed E-state index contributed by atoms with van der Waals surface area (Å²) in [5.41, 5.74) is 7.85. The van der Waals surface area contributed by atoms with Gasteiger partial charge in [0.1, 0.15) is 11.9 Å². The van der Waals surface area contributed by atoms with Crippen LogP contribution in [0.15, 0.2) is 109 Å². The van der Waals surface area contributed by atoms with Crippen LogP contribution in [0.4, 0.5) is 19.7 Å². The second-order valence-electron chi connectivity index (χ2n) is 12.3. The normalized spacial score (nSPS) is 17.8. The van der Waals surface area contributed by atoms with Gasteiger partial charge in [-0.3, -0.25) is 9.69 Å². The van der Waals surface area contributed by atoms with Crippen molar-refractivity contribution in [3.8, 4) is 0 Å². The zero-order chi connectivity index (χ0) is 35.0. The van der Waals surface area contributed by atoms with Gasteiger partial charge in [0.05, 0.1) is 18.8 Å². The molecule has 0 aromatic heterocycles. The molecule has 1 saturated heterocycles. The molecule has 5 rings (SSSR count). The van der Waals surface area contributed by atoms with Crippen molar-refractivity contribution in [2.24, 2.45) is 5.73 Å². The van der Waals surface area contributed by atoms with Crippen LogP contribution in [0.5, 0.6) is 0 Å². The summed E-state index contributed by atoms with van der Waals surface area (Å²) in [6.45, 7) is 2.35. The molecule has 0 saturated carbocycles. The van der Waals surface area contributed by atoms with Gasteiger partial charge in [0.2, 0.25) is 5.91 Å². The predicted octanol–water partition coefficient (Wildman–Crippen LogP) is 5.88. The van der Waals surface area contributed by atoms with Gasteiger partial charge in [-0.2, -0.15) is 0 Å². The predicted molar refractivity (Wildman–Crippen MR) is 184 cm³/mol. The van der Waals surface area contributed by atoms with Gasteiger partial charge in [0.25, 0.3) is 0 Å². The van der Waals surface area contributed by atoms with Gasteiger partial charge >= 0.3 is 12.2 Å². The van der Waals surface area contributed by atoms with Crippen molar-refractivity contribution in [1.82, 2.24) is 10.2 Å². The summed E-state index contributed by atoms with van der Waals surface area (Å²) in [4.78, 5) is 39.3. The molecule has 5 N–H and O–H groups in total. The van der Waals surface area contributed by atoms with Gasteiger partial charge < -0.3 is 30.9 Å². The summed E-state index contributed by atoms with van der Waals surface area (Å²) < 4.78 is 25.4. The van der Waals surface area contributed by atoms with E-state index in [-0.39, 0.29) is 12.7 Å². The summed E-state index contributed by atoms with van der Waals surface area (Å²) in [7, 11) is 1.41. The van der Waals surface area contributed by atoms with Crippen molar-refractivity contribution >= 4 is 23.8 Å². The van der Waals surface area contributed by atoms with E-state index in [0.717, 1.165) is 21.6 Å². The quantitative estimate of drug-likeness (QED) is 0.148. The minimum atomic E-state index is -1.22. The molecule has 4 aromatic carbocycles. The summed E-state index contributed by atoms with van der Waals surface area (Å²) in [6, 6.07) is 30.4. The molecule has 256 valence electrons. The molecule has 1 aliphatic heterocycles. The number of nitrogens with two attached hydrogens (primary N) is 1. The van der Waals surface area contributed by atoms with Crippen LogP contribution in [0, 0.1) is 5.82 Å². The number of nitrogens with one attached hydrogen (secondary N) is 2. The Bertz CT molecular complexity index is 1680. The number of anilines is 1. The van der Waals surface area contributed by atoms with Crippen LogP contribution < -0.4 is 16.4 Å². The number of aryl methyl sites for hydroxylation is 1. The number of para-hydroxylation sites is 1. The van der Waals surface area contributed by atoms with Crippen molar-refractivity contribution in [3.63, 3.8) is 0 Å². The van der Waals surface area contributed by atoms with Crippen molar-refractivity contribution in [2.45, 2.75) is 49.5 Å². The highest BCUT2D eigenvalue weighted by Crippen LogP contribution is 2.34. The van der Waals surface area contributed by atoms with Crippen molar-refractivity contribution in [3.05, 3.63) is 137 Å². The molecule has 0 bridgehead atoms. The minimum Gasteiger partial charge on any atom is -0.465 e. The van der Waals surface area contributed by atoms with E-state index in [1.807, 2.05) is 78.9 Å². The van der Waals surface area contributed by atoms with Crippen LogP contribution in [-0.2, 0) is 26.3 Å². The van der Waals surface area contributed by atoms with Crippen LogP contribution in [0.3, 0.4) is 0 Å². The van der Waals surface area contributed by atoms with Gasteiger partial charge in [-0.1, -0.05) is 91.0 Å². The van der Waals surface area contributed by atoms with Crippen LogP contribution in [0.25, 0.3) is 0 Å². The number of carboxylic acid groups (broad SMARTS) is 1. The first-order chi connectivity index (χ1) is 23.6. The molecule has 1 heterocycles. The number of carbonyl (C=O) groups is 3. The van der Waals surface area contributed by atoms with Crippen LogP contribution >= 0.6 is 0 Å². The topological polar surface area (TPSA) is 143 Å². The van der Waals surface area contributed by atoms with E-state index in [2.05, 4.69) is 10.6 Å². The number of nitrogens with zero attached hydrogens (tertiary/aromatic N) is 1. The molecule has 10 nitrogen and oxygen atoms in total. The lowest BCUT2D eigenvalue weighted by Crippen LogP contribution is -2.58. The SMILES string of the molecule is CN(C(=O)O)[C@H](C(=O)Nc1ccccc1CC[C@@H]1CN[C@H](C(C)(OC(N)=O)c2ccc(F)cc2)CO1)C(c1ccccc1)c1ccccc1. The molecule has 1 fully saturated rings. The zero-order valence-corrected chi connectivity index (χ0v) is 27.4. The van der Waals surface area contributed by atoms with Gasteiger partial charge in [0.15, 0.2) is 5.60 Å². The highest BCUT2D eigenvalue weighted by molar-refractivity contribution is 5.98. The maximum atomic E-state index is 14.1. The lowest BCUT2D eigenvalue weighted by molar-refractivity contribution is -0.120. The summed E-state index contributed by atoms with van der Waals surface area (Å²) in [5, 5.41) is 16.5. The molecule has 49 heavy (non-hydrogen) atoms. The molecule has 11 heteroatoms. The molecule has 0 spiro atoms. The number of hydrogen-bond donors (Lipinski definition) is 4. The molecule has 1 unspecified atom stereocenters. The average Bonchev–Trinajstić information content (AvgIpc) is 3.10. The third kappa shape index (κ3) is 8.43. The van der Waals surface area contributed by atoms with E-state index < -0.39 is 47.5 Å². The molecule has 3 amide bonds. The molecule has 0 aliphatic carbocycles. The fourth-order valence-electron chi connectivity index (χ4n) is 6.42. The molecular weight excluding hydrogens is 627 g/mol. The first-order valence-corrected chi connectivity index (χ1v) is 16.1. The summed E-state index contributed by atoms with van der Waals surface area (Å²) >= 11 is 0. The number of benzene rings is 4. The Morgan fingerprint density at radius 1 is 0.980 bits per heavy atom. The largest absolute Gasteiger partial charge is 0.465 e. The number of amides is 3. The number of carbonyl (C=O) groups excluding carboxylic acids is 2. The maximum Gasteiger partial charge on any atom is 0.407 e. The maximum absolute atomic E-state index is 14.1. The van der Waals surface area contributed by atoms with Crippen LogP contribution in [0.2, 0.25) is 0 Å². The van der Waals surface area contributed by atoms with Gasteiger partial charge in [-0.25, -0.2) is 14.0 Å².